The molecule has 1 fully saturated rings. The Morgan fingerprint density at radius 3 is 2.69 bits per heavy atom. The molecule has 2 heterocycles. The van der Waals surface area contributed by atoms with Crippen molar-refractivity contribution in [2.24, 2.45) is 5.92 Å². The summed E-state index contributed by atoms with van der Waals surface area (Å²) in [5.74, 6) is 2.23. The Labute approximate surface area is 178 Å². The van der Waals surface area contributed by atoms with Crippen molar-refractivity contribution < 1.29 is 14.2 Å². The smallest absolute Gasteiger partial charge is 0.137 e. The molecule has 1 saturated heterocycles. The van der Waals surface area contributed by atoms with Gasteiger partial charge in [-0.3, -0.25) is 4.98 Å². The van der Waals surface area contributed by atoms with Crippen LogP contribution in [0, 0.1) is 5.92 Å². The number of hydrogen-bond donors (Lipinski definition) is 1. The summed E-state index contributed by atoms with van der Waals surface area (Å²) in [5, 5.41) is 4.06. The van der Waals surface area contributed by atoms with Gasteiger partial charge in [0, 0.05) is 36.9 Å². The highest BCUT2D eigenvalue weighted by molar-refractivity contribution is 6.30. The SMILES string of the molecule is C[C@H](CCOCCCOc1ccc(Cl)cc1)Cc1cncc(OC[C@@H]2CCN2)c1. The zero-order valence-corrected chi connectivity index (χ0v) is 17.9. The van der Waals surface area contributed by atoms with Crippen molar-refractivity contribution in [1.29, 1.82) is 0 Å². The van der Waals surface area contributed by atoms with Gasteiger partial charge in [0.2, 0.25) is 0 Å². The molecule has 1 aliphatic rings. The van der Waals surface area contributed by atoms with Crippen molar-refractivity contribution >= 4 is 11.6 Å². The molecule has 0 amide bonds. The lowest BCUT2D eigenvalue weighted by molar-refractivity contribution is 0.109. The molecule has 1 aliphatic heterocycles. The van der Waals surface area contributed by atoms with E-state index in [-0.39, 0.29) is 0 Å². The maximum atomic E-state index is 5.86. The van der Waals surface area contributed by atoms with Gasteiger partial charge in [0.25, 0.3) is 0 Å². The first-order valence-corrected chi connectivity index (χ1v) is 10.8. The second-order valence-corrected chi connectivity index (χ2v) is 8.08. The summed E-state index contributed by atoms with van der Waals surface area (Å²) in [6.07, 6.45) is 7.79. The van der Waals surface area contributed by atoms with E-state index in [0.29, 0.717) is 25.2 Å². The molecule has 3 rings (SSSR count). The van der Waals surface area contributed by atoms with Crippen LogP contribution >= 0.6 is 11.6 Å². The number of ether oxygens (including phenoxy) is 3. The fourth-order valence-electron chi connectivity index (χ4n) is 3.11. The van der Waals surface area contributed by atoms with Crippen molar-refractivity contribution in [2.75, 3.05) is 33.0 Å². The largest absolute Gasteiger partial charge is 0.494 e. The lowest BCUT2D eigenvalue weighted by atomic mass is 9.99. The van der Waals surface area contributed by atoms with Crippen LogP contribution in [-0.2, 0) is 11.2 Å². The summed E-state index contributed by atoms with van der Waals surface area (Å²) in [5.41, 5.74) is 1.22. The summed E-state index contributed by atoms with van der Waals surface area (Å²) < 4.78 is 17.3. The second kappa shape index (κ2) is 12.0. The molecule has 0 radical (unpaired) electrons. The molecule has 1 aromatic carbocycles. The number of rotatable bonds is 13. The molecule has 1 aromatic heterocycles. The van der Waals surface area contributed by atoms with E-state index in [2.05, 4.69) is 23.3 Å². The van der Waals surface area contributed by atoms with Crippen LogP contribution in [0.4, 0.5) is 0 Å². The molecule has 158 valence electrons. The second-order valence-electron chi connectivity index (χ2n) is 7.65. The van der Waals surface area contributed by atoms with Gasteiger partial charge in [-0.2, -0.15) is 0 Å². The molecular formula is C23H31ClN2O3. The van der Waals surface area contributed by atoms with E-state index in [1.807, 2.05) is 30.5 Å². The van der Waals surface area contributed by atoms with Gasteiger partial charge in [-0.25, -0.2) is 0 Å². The third-order valence-corrected chi connectivity index (χ3v) is 5.25. The van der Waals surface area contributed by atoms with Crippen LogP contribution in [0.5, 0.6) is 11.5 Å². The molecule has 2 aromatic rings. The minimum atomic E-state index is 0.492. The number of benzene rings is 1. The van der Waals surface area contributed by atoms with Crippen LogP contribution in [-0.4, -0.2) is 44.0 Å². The molecular weight excluding hydrogens is 388 g/mol. The van der Waals surface area contributed by atoms with Crippen LogP contribution < -0.4 is 14.8 Å². The molecule has 29 heavy (non-hydrogen) atoms. The lowest BCUT2D eigenvalue weighted by Crippen LogP contribution is -2.46. The Morgan fingerprint density at radius 2 is 1.93 bits per heavy atom. The fourth-order valence-corrected chi connectivity index (χ4v) is 3.24. The monoisotopic (exact) mass is 418 g/mol. The van der Waals surface area contributed by atoms with Crippen LogP contribution in [0.3, 0.4) is 0 Å². The number of pyridine rings is 1. The van der Waals surface area contributed by atoms with Crippen molar-refractivity contribution in [1.82, 2.24) is 10.3 Å². The molecule has 5 nitrogen and oxygen atoms in total. The first kappa shape index (κ1) is 21.9. The maximum Gasteiger partial charge on any atom is 0.137 e. The lowest BCUT2D eigenvalue weighted by Gasteiger charge is -2.27. The average molecular weight is 419 g/mol. The third-order valence-electron chi connectivity index (χ3n) is 5.00. The van der Waals surface area contributed by atoms with Crippen LogP contribution in [0.15, 0.2) is 42.7 Å². The molecule has 0 aliphatic carbocycles. The minimum Gasteiger partial charge on any atom is -0.494 e. The van der Waals surface area contributed by atoms with Gasteiger partial charge in [0.05, 0.1) is 12.8 Å². The first-order chi connectivity index (χ1) is 14.2. The summed E-state index contributed by atoms with van der Waals surface area (Å²) in [7, 11) is 0. The van der Waals surface area contributed by atoms with Gasteiger partial charge in [0.1, 0.15) is 18.1 Å². The Bertz CT molecular complexity index is 722. The number of hydrogen-bond acceptors (Lipinski definition) is 5. The van der Waals surface area contributed by atoms with E-state index < -0.39 is 0 Å². The Morgan fingerprint density at radius 1 is 1.10 bits per heavy atom. The van der Waals surface area contributed by atoms with Gasteiger partial charge >= 0.3 is 0 Å². The van der Waals surface area contributed by atoms with Crippen LogP contribution in [0.25, 0.3) is 0 Å². The Kier molecular flexibility index (Phi) is 9.06. The van der Waals surface area contributed by atoms with E-state index in [0.717, 1.165) is 55.5 Å². The van der Waals surface area contributed by atoms with Gasteiger partial charge in [0.15, 0.2) is 0 Å². The predicted octanol–water partition coefficient (Wildman–Crippen LogP) is 4.53. The zero-order chi connectivity index (χ0) is 20.3. The molecule has 6 heteroatoms. The maximum absolute atomic E-state index is 5.86. The van der Waals surface area contributed by atoms with Gasteiger partial charge in [-0.1, -0.05) is 18.5 Å². The first-order valence-electron chi connectivity index (χ1n) is 10.5. The van der Waals surface area contributed by atoms with Crippen molar-refractivity contribution in [3.63, 3.8) is 0 Å². The normalized spacial score (nSPS) is 16.8. The Hall–Kier alpha value is -1.82. The van der Waals surface area contributed by atoms with Crippen molar-refractivity contribution in [3.8, 4) is 11.5 Å². The fraction of sp³-hybridized carbons (Fsp3) is 0.522. The summed E-state index contributed by atoms with van der Waals surface area (Å²) in [4.78, 5) is 4.32. The van der Waals surface area contributed by atoms with E-state index in [1.54, 1.807) is 6.20 Å². The van der Waals surface area contributed by atoms with Crippen LogP contribution in [0.2, 0.25) is 5.02 Å². The summed E-state index contributed by atoms with van der Waals surface area (Å²) in [6, 6.07) is 10.0. The Balaban J connectivity index is 1.24. The number of aromatic nitrogens is 1. The number of halogens is 1. The molecule has 0 bridgehead atoms. The number of nitrogens with one attached hydrogen (secondary N) is 1. The molecule has 0 unspecified atom stereocenters. The summed E-state index contributed by atoms with van der Waals surface area (Å²) >= 11 is 5.86. The van der Waals surface area contributed by atoms with E-state index in [1.165, 1.54) is 12.0 Å². The van der Waals surface area contributed by atoms with Gasteiger partial charge in [-0.05, 0) is 67.6 Å². The molecule has 0 spiro atoms. The minimum absolute atomic E-state index is 0.492. The van der Waals surface area contributed by atoms with E-state index >= 15 is 0 Å². The highest BCUT2D eigenvalue weighted by Crippen LogP contribution is 2.18. The quantitative estimate of drug-likeness (QED) is 0.484. The highest BCUT2D eigenvalue weighted by Gasteiger charge is 2.16. The number of nitrogens with zero attached hydrogens (tertiary/aromatic N) is 1. The van der Waals surface area contributed by atoms with Crippen molar-refractivity contribution in [3.05, 3.63) is 53.3 Å². The topological polar surface area (TPSA) is 52.6 Å². The van der Waals surface area contributed by atoms with Gasteiger partial charge < -0.3 is 19.5 Å². The highest BCUT2D eigenvalue weighted by atomic mass is 35.5. The van der Waals surface area contributed by atoms with E-state index in [9.17, 15) is 0 Å². The molecule has 2 atom stereocenters. The molecule has 1 N–H and O–H groups in total. The van der Waals surface area contributed by atoms with Gasteiger partial charge in [-0.15, -0.1) is 0 Å². The zero-order valence-electron chi connectivity index (χ0n) is 17.1. The predicted molar refractivity (Wildman–Crippen MR) is 116 cm³/mol. The standard InChI is InChI=1S/C23H31ClN2O3/c1-18(8-12-27-10-2-11-28-22-5-3-20(24)4-6-22)13-19-14-23(16-25-15-19)29-17-21-7-9-26-21/h3-6,14-16,18,21,26H,2,7-13,17H2,1H3/t18-,21+/m1/s1. The van der Waals surface area contributed by atoms with Crippen LogP contribution in [0.1, 0.15) is 31.7 Å². The third kappa shape index (κ3) is 8.21. The average Bonchev–Trinajstić information content (AvgIpc) is 2.68. The van der Waals surface area contributed by atoms with E-state index in [4.69, 9.17) is 25.8 Å². The summed E-state index contributed by atoms with van der Waals surface area (Å²) in [6.45, 7) is 6.18. The van der Waals surface area contributed by atoms with Crippen molar-refractivity contribution in [2.45, 2.75) is 38.6 Å². The molecule has 0 saturated carbocycles.